The zero-order valence-electron chi connectivity index (χ0n) is 12.1. The fourth-order valence-electron chi connectivity index (χ4n) is 1.68. The molecule has 1 heterocycles. The molecule has 1 aromatic heterocycles. The monoisotopic (exact) mass is 372 g/mol. The van der Waals surface area contributed by atoms with Crippen molar-refractivity contribution in [1.29, 1.82) is 0 Å². The topological polar surface area (TPSA) is 63.6 Å². The van der Waals surface area contributed by atoms with Crippen LogP contribution in [0.25, 0.3) is 10.1 Å². The molecule has 0 aliphatic heterocycles. The number of carboxylic acid groups (broad SMARTS) is 1. The molecule has 0 saturated heterocycles. The van der Waals surface area contributed by atoms with Crippen LogP contribution in [0.5, 0.6) is 5.75 Å². The third-order valence-corrected chi connectivity index (χ3v) is 4.39. The SMILES string of the molecule is CC.COc1cc2cc(C(=O)CCC(=O)O)sc2cc1Br. The number of fused-ring (bicyclic) bond motifs is 1. The molecule has 0 aliphatic carbocycles. The largest absolute Gasteiger partial charge is 0.496 e. The van der Waals surface area contributed by atoms with Gasteiger partial charge in [0.25, 0.3) is 0 Å². The Morgan fingerprint density at radius 2 is 1.90 bits per heavy atom. The fourth-order valence-corrected chi connectivity index (χ4v) is 3.39. The van der Waals surface area contributed by atoms with Crippen LogP contribution in [-0.4, -0.2) is 24.0 Å². The molecule has 4 nitrogen and oxygen atoms in total. The van der Waals surface area contributed by atoms with Crippen LogP contribution < -0.4 is 4.74 Å². The first-order valence-electron chi connectivity index (χ1n) is 6.53. The lowest BCUT2D eigenvalue weighted by molar-refractivity contribution is -0.136. The number of hydrogen-bond acceptors (Lipinski definition) is 4. The molecule has 0 spiro atoms. The van der Waals surface area contributed by atoms with Crippen LogP contribution in [-0.2, 0) is 4.79 Å². The number of methoxy groups -OCH3 is 1. The van der Waals surface area contributed by atoms with Gasteiger partial charge in [0, 0.05) is 11.1 Å². The average Bonchev–Trinajstić information content (AvgIpc) is 2.88. The zero-order chi connectivity index (χ0) is 16.0. The second-order valence-corrected chi connectivity index (χ2v) is 5.89. The number of benzene rings is 1. The maximum atomic E-state index is 11.9. The molecule has 0 bridgehead atoms. The van der Waals surface area contributed by atoms with Crippen molar-refractivity contribution in [2.75, 3.05) is 7.11 Å². The standard InChI is InChI=1S/C13H11BrO4S.C2H6/c1-18-10-4-7-5-12(9(15)2-3-13(16)17)19-11(7)6-8(10)14;1-2/h4-6H,2-3H2,1H3,(H,16,17);1-2H3. The van der Waals surface area contributed by atoms with E-state index in [0.29, 0.717) is 10.6 Å². The van der Waals surface area contributed by atoms with Gasteiger partial charge in [-0.15, -0.1) is 11.3 Å². The van der Waals surface area contributed by atoms with Crippen molar-refractivity contribution in [2.45, 2.75) is 26.7 Å². The lowest BCUT2D eigenvalue weighted by Crippen LogP contribution is -2.01. The van der Waals surface area contributed by atoms with Gasteiger partial charge in [-0.1, -0.05) is 13.8 Å². The molecule has 0 fully saturated rings. The number of ether oxygens (including phenoxy) is 1. The highest BCUT2D eigenvalue weighted by atomic mass is 79.9. The van der Waals surface area contributed by atoms with Gasteiger partial charge in [-0.05, 0) is 39.5 Å². The summed E-state index contributed by atoms with van der Waals surface area (Å²) < 4.78 is 6.99. The first kappa shape index (κ1) is 17.7. The molecule has 2 rings (SSSR count). The van der Waals surface area contributed by atoms with E-state index in [1.165, 1.54) is 11.3 Å². The molecule has 0 saturated carbocycles. The summed E-state index contributed by atoms with van der Waals surface area (Å²) >= 11 is 4.76. The Morgan fingerprint density at radius 1 is 1.24 bits per heavy atom. The lowest BCUT2D eigenvalue weighted by atomic mass is 10.1. The van der Waals surface area contributed by atoms with Crippen molar-refractivity contribution in [1.82, 2.24) is 0 Å². The minimum absolute atomic E-state index is 0.0282. The van der Waals surface area contributed by atoms with Crippen LogP contribution in [0.1, 0.15) is 36.4 Å². The van der Waals surface area contributed by atoms with E-state index < -0.39 is 5.97 Å². The predicted octanol–water partition coefficient (Wildman–Crippen LogP) is 4.75. The summed E-state index contributed by atoms with van der Waals surface area (Å²) in [7, 11) is 1.58. The summed E-state index contributed by atoms with van der Waals surface area (Å²) in [5.41, 5.74) is 0. The smallest absolute Gasteiger partial charge is 0.303 e. The summed E-state index contributed by atoms with van der Waals surface area (Å²) in [5.74, 6) is -0.396. The van der Waals surface area contributed by atoms with E-state index in [1.807, 2.05) is 26.0 Å². The highest BCUT2D eigenvalue weighted by molar-refractivity contribution is 9.10. The highest BCUT2D eigenvalue weighted by Crippen LogP contribution is 2.35. The van der Waals surface area contributed by atoms with E-state index in [0.717, 1.165) is 14.6 Å². The maximum Gasteiger partial charge on any atom is 0.303 e. The molecular weight excluding hydrogens is 356 g/mol. The Bertz CT molecular complexity index is 648. The van der Waals surface area contributed by atoms with Gasteiger partial charge < -0.3 is 9.84 Å². The predicted molar refractivity (Wildman–Crippen MR) is 88.6 cm³/mol. The quantitative estimate of drug-likeness (QED) is 0.769. The van der Waals surface area contributed by atoms with E-state index in [-0.39, 0.29) is 18.6 Å². The molecule has 0 aliphatic rings. The minimum Gasteiger partial charge on any atom is -0.496 e. The average molecular weight is 373 g/mol. The fraction of sp³-hybridized carbons (Fsp3) is 0.333. The molecule has 114 valence electrons. The Morgan fingerprint density at radius 3 is 2.48 bits per heavy atom. The molecule has 0 atom stereocenters. The van der Waals surface area contributed by atoms with Gasteiger partial charge in [-0.2, -0.15) is 0 Å². The van der Waals surface area contributed by atoms with E-state index in [4.69, 9.17) is 9.84 Å². The van der Waals surface area contributed by atoms with Crippen LogP contribution in [0, 0.1) is 0 Å². The van der Waals surface area contributed by atoms with Gasteiger partial charge in [0.1, 0.15) is 5.75 Å². The molecule has 0 unspecified atom stereocenters. The summed E-state index contributed by atoms with van der Waals surface area (Å²) in [5, 5.41) is 9.50. The number of thiophene rings is 1. The van der Waals surface area contributed by atoms with Crippen LogP contribution in [0.3, 0.4) is 0 Å². The first-order valence-corrected chi connectivity index (χ1v) is 8.14. The second kappa shape index (κ2) is 8.14. The molecule has 6 heteroatoms. The Balaban J connectivity index is 0.00000106. The summed E-state index contributed by atoms with van der Waals surface area (Å²) in [6.45, 7) is 4.00. The number of carbonyl (C=O) groups is 2. The van der Waals surface area contributed by atoms with Crippen LogP contribution in [0.4, 0.5) is 0 Å². The van der Waals surface area contributed by atoms with Crippen LogP contribution in [0.15, 0.2) is 22.7 Å². The summed E-state index contributed by atoms with van der Waals surface area (Å²) in [6, 6.07) is 5.52. The van der Waals surface area contributed by atoms with Crippen molar-refractivity contribution in [3.05, 3.63) is 27.5 Å². The van der Waals surface area contributed by atoms with Crippen molar-refractivity contribution in [3.63, 3.8) is 0 Å². The molecule has 0 amide bonds. The van der Waals surface area contributed by atoms with Crippen molar-refractivity contribution < 1.29 is 19.4 Å². The second-order valence-electron chi connectivity index (χ2n) is 3.95. The molecule has 1 N–H and O–H groups in total. The van der Waals surface area contributed by atoms with Crippen LogP contribution in [0.2, 0.25) is 0 Å². The van der Waals surface area contributed by atoms with Crippen LogP contribution >= 0.6 is 27.3 Å². The molecule has 2 aromatic rings. The molecule has 0 radical (unpaired) electrons. The van der Waals surface area contributed by atoms with Gasteiger partial charge in [-0.3, -0.25) is 9.59 Å². The maximum absolute atomic E-state index is 11.9. The lowest BCUT2D eigenvalue weighted by Gasteiger charge is -2.01. The van der Waals surface area contributed by atoms with E-state index in [9.17, 15) is 9.59 Å². The number of carboxylic acids is 1. The van der Waals surface area contributed by atoms with Crippen molar-refractivity contribution in [3.8, 4) is 5.75 Å². The minimum atomic E-state index is -0.959. The van der Waals surface area contributed by atoms with E-state index >= 15 is 0 Å². The number of aliphatic carboxylic acids is 1. The van der Waals surface area contributed by atoms with Gasteiger partial charge in [0.05, 0.1) is 22.9 Å². The third kappa shape index (κ3) is 4.54. The molecule has 21 heavy (non-hydrogen) atoms. The van der Waals surface area contributed by atoms with Crippen molar-refractivity contribution in [2.24, 2.45) is 0 Å². The van der Waals surface area contributed by atoms with E-state index in [2.05, 4.69) is 15.9 Å². The van der Waals surface area contributed by atoms with Gasteiger partial charge in [0.2, 0.25) is 0 Å². The molecule has 1 aromatic carbocycles. The van der Waals surface area contributed by atoms with Gasteiger partial charge in [0.15, 0.2) is 5.78 Å². The van der Waals surface area contributed by atoms with E-state index in [1.54, 1.807) is 13.2 Å². The Hall–Kier alpha value is -1.40. The zero-order valence-corrected chi connectivity index (χ0v) is 14.5. The number of halogens is 1. The van der Waals surface area contributed by atoms with Gasteiger partial charge in [-0.25, -0.2) is 0 Å². The van der Waals surface area contributed by atoms with Crippen molar-refractivity contribution >= 4 is 49.1 Å². The van der Waals surface area contributed by atoms with Gasteiger partial charge >= 0.3 is 5.97 Å². The molecular formula is C15H17BrO4S. The normalized spacial score (nSPS) is 9.90. The number of hydrogen-bond donors (Lipinski definition) is 1. The third-order valence-electron chi connectivity index (χ3n) is 2.63. The Kier molecular flexibility index (Phi) is 6.84. The number of rotatable bonds is 5. The highest BCUT2D eigenvalue weighted by Gasteiger charge is 2.13. The summed E-state index contributed by atoms with van der Waals surface area (Å²) in [6.07, 6.45) is -0.111. The summed E-state index contributed by atoms with van der Waals surface area (Å²) in [4.78, 5) is 22.9. The number of ketones is 1. The first-order chi connectivity index (χ1) is 10.0. The number of carbonyl (C=O) groups excluding carboxylic acids is 1. The Labute approximate surface area is 135 Å². The number of Topliss-reactive ketones (excluding diaryl/α,β-unsaturated/α-hetero) is 1.